The minimum Gasteiger partial charge on any atom is -0.489 e. The molecule has 1 heterocycles. The molecule has 36 heavy (non-hydrogen) atoms. The van der Waals surface area contributed by atoms with Crippen molar-refractivity contribution in [1.29, 1.82) is 0 Å². The van der Waals surface area contributed by atoms with Gasteiger partial charge in [-0.25, -0.2) is 4.79 Å². The Labute approximate surface area is 220 Å². The number of hydrogen-bond acceptors (Lipinski definition) is 5. The van der Waals surface area contributed by atoms with Gasteiger partial charge >= 0.3 is 5.97 Å². The van der Waals surface area contributed by atoms with Crippen LogP contribution in [-0.4, -0.2) is 55.5 Å². The molecule has 0 atom stereocenters. The molecule has 0 unspecified atom stereocenters. The number of halogens is 1. The average Bonchev–Trinajstić information content (AvgIpc) is 2.88. The number of morpholine rings is 1. The molecule has 1 saturated heterocycles. The van der Waals surface area contributed by atoms with Gasteiger partial charge in [-0.2, -0.15) is 0 Å². The highest BCUT2D eigenvalue weighted by atomic mass is 79.9. The third-order valence-electron chi connectivity index (χ3n) is 5.97. The minimum absolute atomic E-state index is 0.369. The second-order valence-electron chi connectivity index (χ2n) is 8.63. The summed E-state index contributed by atoms with van der Waals surface area (Å²) in [5, 5.41) is 8.82. The highest BCUT2D eigenvalue weighted by Gasteiger charge is 2.12. The van der Waals surface area contributed by atoms with Crippen molar-refractivity contribution in [3.8, 4) is 11.5 Å². The lowest BCUT2D eigenvalue weighted by Gasteiger charge is -2.26. The Morgan fingerprint density at radius 3 is 2.31 bits per heavy atom. The highest BCUT2D eigenvalue weighted by Crippen LogP contribution is 2.27. The van der Waals surface area contributed by atoms with E-state index in [1.807, 2.05) is 25.1 Å². The highest BCUT2D eigenvalue weighted by molar-refractivity contribution is 9.10. The Hall–Kier alpha value is -3.13. The molecule has 188 valence electrons. The number of benzene rings is 3. The SMILES string of the molecule is Cc1cc(OC/C=C(/c2ccc(Br)cc2)c2ccc(CN3CCOCC3)cc2)ccc1OCC(=O)O. The van der Waals surface area contributed by atoms with Gasteiger partial charge in [0, 0.05) is 24.1 Å². The van der Waals surface area contributed by atoms with Gasteiger partial charge in [0.15, 0.2) is 6.61 Å². The summed E-state index contributed by atoms with van der Waals surface area (Å²) in [6.45, 7) is 6.34. The van der Waals surface area contributed by atoms with Crippen molar-refractivity contribution in [3.63, 3.8) is 0 Å². The average molecular weight is 552 g/mol. The molecule has 4 rings (SSSR count). The molecule has 1 fully saturated rings. The molecule has 0 aromatic heterocycles. The standard InChI is InChI=1S/C29H30BrNO5/c1-21-18-26(10-11-28(21)36-20-29(32)33)35-15-12-27(24-6-8-25(30)9-7-24)23-4-2-22(3-5-23)19-31-13-16-34-17-14-31/h2-12,18H,13-17,19-20H2,1H3,(H,32,33)/b27-12+. The Balaban J connectivity index is 1.48. The topological polar surface area (TPSA) is 68.2 Å². The lowest BCUT2D eigenvalue weighted by molar-refractivity contribution is -0.139. The molecule has 0 amide bonds. The smallest absolute Gasteiger partial charge is 0.341 e. The predicted molar refractivity (Wildman–Crippen MR) is 144 cm³/mol. The Morgan fingerprint density at radius 2 is 1.67 bits per heavy atom. The first kappa shape index (κ1) is 25.9. The molecule has 1 aliphatic rings. The van der Waals surface area contributed by atoms with Crippen LogP contribution in [0.4, 0.5) is 0 Å². The molecule has 1 aliphatic heterocycles. The van der Waals surface area contributed by atoms with Crippen LogP contribution in [0, 0.1) is 6.92 Å². The van der Waals surface area contributed by atoms with E-state index in [1.165, 1.54) is 5.56 Å². The summed E-state index contributed by atoms with van der Waals surface area (Å²) in [4.78, 5) is 13.2. The lowest BCUT2D eigenvalue weighted by atomic mass is 9.96. The zero-order chi connectivity index (χ0) is 25.3. The first-order valence-corrected chi connectivity index (χ1v) is 12.7. The summed E-state index contributed by atoms with van der Waals surface area (Å²) in [5.41, 5.74) is 5.43. The van der Waals surface area contributed by atoms with E-state index in [1.54, 1.807) is 12.1 Å². The first-order chi connectivity index (χ1) is 17.5. The van der Waals surface area contributed by atoms with Gasteiger partial charge in [0.1, 0.15) is 18.1 Å². The number of hydrogen-bond donors (Lipinski definition) is 1. The second-order valence-corrected chi connectivity index (χ2v) is 9.55. The fraction of sp³-hybridized carbons (Fsp3) is 0.276. The van der Waals surface area contributed by atoms with Gasteiger partial charge in [-0.15, -0.1) is 0 Å². The van der Waals surface area contributed by atoms with Gasteiger partial charge in [-0.05, 0) is 71.2 Å². The molecular formula is C29H30BrNO5. The second kappa shape index (κ2) is 12.7. The van der Waals surface area contributed by atoms with E-state index in [4.69, 9.17) is 19.3 Å². The van der Waals surface area contributed by atoms with E-state index >= 15 is 0 Å². The number of aryl methyl sites for hydroxylation is 1. The van der Waals surface area contributed by atoms with Gasteiger partial charge in [-0.1, -0.05) is 52.3 Å². The number of carboxylic acid groups (broad SMARTS) is 1. The first-order valence-electron chi connectivity index (χ1n) is 11.9. The quantitative estimate of drug-likeness (QED) is 0.355. The zero-order valence-electron chi connectivity index (χ0n) is 20.3. The maximum absolute atomic E-state index is 10.8. The molecule has 3 aromatic rings. The molecule has 0 aliphatic carbocycles. The van der Waals surface area contributed by atoms with Crippen LogP contribution in [-0.2, 0) is 16.1 Å². The van der Waals surface area contributed by atoms with Crippen LogP contribution >= 0.6 is 15.9 Å². The van der Waals surface area contributed by atoms with Gasteiger partial charge in [-0.3, -0.25) is 4.90 Å². The maximum Gasteiger partial charge on any atom is 0.341 e. The van der Waals surface area contributed by atoms with Crippen molar-refractivity contribution in [3.05, 3.63) is 99.5 Å². The number of rotatable bonds is 10. The van der Waals surface area contributed by atoms with E-state index in [0.29, 0.717) is 18.1 Å². The summed E-state index contributed by atoms with van der Waals surface area (Å²) >= 11 is 3.52. The minimum atomic E-state index is -1.01. The third-order valence-corrected chi connectivity index (χ3v) is 6.49. The van der Waals surface area contributed by atoms with Crippen molar-refractivity contribution in [2.45, 2.75) is 13.5 Å². The Bertz CT molecular complexity index is 1190. The Morgan fingerprint density at radius 1 is 1.00 bits per heavy atom. The molecule has 1 N–H and O–H groups in total. The summed E-state index contributed by atoms with van der Waals surface area (Å²) in [6.07, 6.45) is 2.09. The summed E-state index contributed by atoms with van der Waals surface area (Å²) < 4.78 is 17.8. The van der Waals surface area contributed by atoms with Crippen molar-refractivity contribution in [2.24, 2.45) is 0 Å². The van der Waals surface area contributed by atoms with Crippen LogP contribution in [0.2, 0.25) is 0 Å². The van der Waals surface area contributed by atoms with Crippen LogP contribution in [0.5, 0.6) is 11.5 Å². The van der Waals surface area contributed by atoms with Crippen LogP contribution in [0.1, 0.15) is 22.3 Å². The van der Waals surface area contributed by atoms with Crippen molar-refractivity contribution >= 4 is 27.5 Å². The van der Waals surface area contributed by atoms with E-state index in [0.717, 1.165) is 59.6 Å². The molecule has 0 bridgehead atoms. The lowest BCUT2D eigenvalue weighted by Crippen LogP contribution is -2.35. The van der Waals surface area contributed by atoms with Crippen molar-refractivity contribution < 1.29 is 24.1 Å². The van der Waals surface area contributed by atoms with Gasteiger partial charge in [0.2, 0.25) is 0 Å². The van der Waals surface area contributed by atoms with Crippen molar-refractivity contribution in [1.82, 2.24) is 4.90 Å². The monoisotopic (exact) mass is 551 g/mol. The number of ether oxygens (including phenoxy) is 3. The molecular weight excluding hydrogens is 522 g/mol. The normalized spacial score (nSPS) is 14.4. The van der Waals surface area contributed by atoms with E-state index in [9.17, 15) is 4.79 Å². The fourth-order valence-electron chi connectivity index (χ4n) is 4.07. The molecule has 3 aromatic carbocycles. The van der Waals surface area contributed by atoms with Crippen LogP contribution in [0.15, 0.2) is 77.3 Å². The van der Waals surface area contributed by atoms with E-state index < -0.39 is 5.97 Å². The van der Waals surface area contributed by atoms with Gasteiger partial charge in [0.05, 0.1) is 13.2 Å². The van der Waals surface area contributed by atoms with Crippen LogP contribution in [0.3, 0.4) is 0 Å². The molecule has 6 nitrogen and oxygen atoms in total. The van der Waals surface area contributed by atoms with Gasteiger partial charge < -0.3 is 19.3 Å². The number of carbonyl (C=O) groups is 1. The third kappa shape index (κ3) is 7.43. The predicted octanol–water partition coefficient (Wildman–Crippen LogP) is 5.56. The number of nitrogens with zero attached hydrogens (tertiary/aromatic N) is 1. The summed E-state index contributed by atoms with van der Waals surface area (Å²) in [7, 11) is 0. The largest absolute Gasteiger partial charge is 0.489 e. The zero-order valence-corrected chi connectivity index (χ0v) is 21.9. The molecule has 7 heteroatoms. The molecule has 0 spiro atoms. The summed E-state index contributed by atoms with van der Waals surface area (Å²) in [6, 6.07) is 22.4. The number of aliphatic carboxylic acids is 1. The molecule has 0 saturated carbocycles. The van der Waals surface area contributed by atoms with E-state index in [-0.39, 0.29) is 6.61 Å². The van der Waals surface area contributed by atoms with Crippen LogP contribution in [0.25, 0.3) is 5.57 Å². The van der Waals surface area contributed by atoms with Crippen molar-refractivity contribution in [2.75, 3.05) is 39.5 Å². The Kier molecular flexibility index (Phi) is 9.17. The summed E-state index contributed by atoms with van der Waals surface area (Å²) in [5.74, 6) is 0.227. The maximum atomic E-state index is 10.8. The van der Waals surface area contributed by atoms with Gasteiger partial charge in [0.25, 0.3) is 0 Å². The van der Waals surface area contributed by atoms with E-state index in [2.05, 4.69) is 63.3 Å². The fourth-order valence-corrected chi connectivity index (χ4v) is 4.34. The van der Waals surface area contributed by atoms with Crippen LogP contribution < -0.4 is 9.47 Å². The number of carboxylic acids is 1. The molecule has 0 radical (unpaired) electrons.